The van der Waals surface area contributed by atoms with Crippen LogP contribution in [0.5, 0.6) is 0 Å². The van der Waals surface area contributed by atoms with E-state index < -0.39 is 5.97 Å². The molecule has 33 heavy (non-hydrogen) atoms. The first kappa shape index (κ1) is 21.3. The standard InChI is InChI=1S/C22H25N7O4/c23-19-18-20(26-12-25-19)29(15-4-1-13(2-5-15)22(31)32)21(30)17(27-18)14-3-6-16(24-11-14)28-7-9-33-10-8-28/h3,6,11-13,15H,1-2,4-5,7-10H2,(H,31,32)(H2,23,25,26). The summed E-state index contributed by atoms with van der Waals surface area (Å²) in [5.74, 6) is -0.176. The maximum atomic E-state index is 13.6. The number of aliphatic carboxylic acids is 1. The fourth-order valence-electron chi connectivity index (χ4n) is 4.65. The van der Waals surface area contributed by atoms with Crippen molar-refractivity contribution < 1.29 is 14.6 Å². The smallest absolute Gasteiger partial charge is 0.306 e. The number of hydrogen-bond donors (Lipinski definition) is 2. The molecule has 3 aromatic heterocycles. The highest BCUT2D eigenvalue weighted by molar-refractivity contribution is 5.83. The van der Waals surface area contributed by atoms with Gasteiger partial charge in [0, 0.05) is 30.9 Å². The number of anilines is 2. The zero-order chi connectivity index (χ0) is 22.9. The number of ether oxygens (including phenoxy) is 1. The van der Waals surface area contributed by atoms with E-state index in [1.807, 2.05) is 12.1 Å². The van der Waals surface area contributed by atoms with Crippen molar-refractivity contribution in [2.24, 2.45) is 5.92 Å². The molecule has 5 rings (SSSR count). The van der Waals surface area contributed by atoms with E-state index in [1.54, 1.807) is 10.8 Å². The summed E-state index contributed by atoms with van der Waals surface area (Å²) >= 11 is 0. The van der Waals surface area contributed by atoms with Crippen LogP contribution in [0.4, 0.5) is 11.6 Å². The van der Waals surface area contributed by atoms with Crippen LogP contribution in [0.15, 0.2) is 29.5 Å². The number of fused-ring (bicyclic) bond motifs is 1. The fourth-order valence-corrected chi connectivity index (χ4v) is 4.65. The Labute approximate surface area is 189 Å². The SMILES string of the molecule is Nc1ncnc2c1nc(-c1ccc(N3CCOCC3)nc1)c(=O)n2C1CCC(C(=O)O)CC1. The summed E-state index contributed by atoms with van der Waals surface area (Å²) in [5.41, 5.74) is 7.33. The summed E-state index contributed by atoms with van der Waals surface area (Å²) in [6.07, 6.45) is 5.09. The number of nitrogen functional groups attached to an aromatic ring is 1. The molecule has 0 aromatic carbocycles. The number of carbonyl (C=O) groups is 1. The molecule has 1 aliphatic heterocycles. The van der Waals surface area contributed by atoms with Crippen molar-refractivity contribution >= 4 is 28.8 Å². The number of morpholine rings is 1. The van der Waals surface area contributed by atoms with Gasteiger partial charge >= 0.3 is 5.97 Å². The maximum absolute atomic E-state index is 13.6. The summed E-state index contributed by atoms with van der Waals surface area (Å²) < 4.78 is 7.01. The molecule has 1 aliphatic carbocycles. The van der Waals surface area contributed by atoms with Gasteiger partial charge in [-0.3, -0.25) is 14.2 Å². The number of hydrogen-bond acceptors (Lipinski definition) is 9. The van der Waals surface area contributed by atoms with E-state index in [-0.39, 0.29) is 29.0 Å². The van der Waals surface area contributed by atoms with Gasteiger partial charge in [0.2, 0.25) is 0 Å². The molecule has 2 fully saturated rings. The first-order valence-corrected chi connectivity index (χ1v) is 11.1. The quantitative estimate of drug-likeness (QED) is 0.597. The second-order valence-electron chi connectivity index (χ2n) is 8.41. The summed E-state index contributed by atoms with van der Waals surface area (Å²) in [5, 5.41) is 9.33. The minimum atomic E-state index is -0.793. The molecule has 11 heteroatoms. The molecule has 172 valence electrons. The van der Waals surface area contributed by atoms with Gasteiger partial charge in [-0.15, -0.1) is 0 Å². The molecule has 4 heterocycles. The molecule has 0 amide bonds. The van der Waals surface area contributed by atoms with Crippen molar-refractivity contribution in [1.29, 1.82) is 0 Å². The zero-order valence-corrected chi connectivity index (χ0v) is 18.1. The third kappa shape index (κ3) is 3.99. The Balaban J connectivity index is 1.56. The Morgan fingerprint density at radius 1 is 1.09 bits per heavy atom. The molecule has 0 unspecified atom stereocenters. The molecule has 3 aromatic rings. The summed E-state index contributed by atoms with van der Waals surface area (Å²) in [4.78, 5) is 44.6. The van der Waals surface area contributed by atoms with Gasteiger partial charge in [-0.25, -0.2) is 19.9 Å². The third-order valence-electron chi connectivity index (χ3n) is 6.47. The van der Waals surface area contributed by atoms with Gasteiger partial charge in [0.1, 0.15) is 23.4 Å². The lowest BCUT2D eigenvalue weighted by molar-refractivity contribution is -0.143. The van der Waals surface area contributed by atoms with Crippen LogP contribution in [0.2, 0.25) is 0 Å². The van der Waals surface area contributed by atoms with Crippen molar-refractivity contribution in [1.82, 2.24) is 24.5 Å². The first-order chi connectivity index (χ1) is 16.0. The topological polar surface area (TPSA) is 149 Å². The maximum Gasteiger partial charge on any atom is 0.306 e. The van der Waals surface area contributed by atoms with Crippen LogP contribution < -0.4 is 16.2 Å². The van der Waals surface area contributed by atoms with Gasteiger partial charge in [-0.1, -0.05) is 0 Å². The van der Waals surface area contributed by atoms with Crippen LogP contribution in [0.25, 0.3) is 22.4 Å². The molecule has 2 aliphatic rings. The molecule has 3 N–H and O–H groups in total. The van der Waals surface area contributed by atoms with Gasteiger partial charge < -0.3 is 20.5 Å². The third-order valence-corrected chi connectivity index (χ3v) is 6.47. The highest BCUT2D eigenvalue weighted by Gasteiger charge is 2.30. The number of nitrogens with two attached hydrogens (primary N) is 1. The van der Waals surface area contributed by atoms with E-state index in [1.165, 1.54) is 6.33 Å². The van der Waals surface area contributed by atoms with Crippen LogP contribution in [-0.4, -0.2) is 61.9 Å². The lowest BCUT2D eigenvalue weighted by atomic mass is 9.86. The number of carboxylic acid groups (broad SMARTS) is 1. The lowest BCUT2D eigenvalue weighted by Crippen LogP contribution is -2.36. The second kappa shape index (κ2) is 8.74. The molecule has 0 bridgehead atoms. The van der Waals surface area contributed by atoms with E-state index >= 15 is 0 Å². The van der Waals surface area contributed by atoms with Gasteiger partial charge in [0.05, 0.1) is 19.1 Å². The van der Waals surface area contributed by atoms with E-state index in [4.69, 9.17) is 10.5 Å². The molecular formula is C22H25N7O4. The van der Waals surface area contributed by atoms with Gasteiger partial charge in [0.15, 0.2) is 11.5 Å². The Hall–Kier alpha value is -3.60. The highest BCUT2D eigenvalue weighted by Crippen LogP contribution is 2.33. The zero-order valence-electron chi connectivity index (χ0n) is 18.1. The van der Waals surface area contributed by atoms with Gasteiger partial charge in [-0.2, -0.15) is 0 Å². The lowest BCUT2D eigenvalue weighted by Gasteiger charge is -2.28. The number of pyridine rings is 1. The Kier molecular flexibility index (Phi) is 5.63. The highest BCUT2D eigenvalue weighted by atomic mass is 16.5. The number of rotatable bonds is 4. The van der Waals surface area contributed by atoms with E-state index in [0.717, 1.165) is 18.9 Å². The number of carboxylic acids is 1. The largest absolute Gasteiger partial charge is 0.481 e. The van der Waals surface area contributed by atoms with Crippen molar-refractivity contribution in [3.8, 4) is 11.3 Å². The fraction of sp³-hybridized carbons (Fsp3) is 0.455. The average molecular weight is 451 g/mol. The molecular weight excluding hydrogens is 426 g/mol. The van der Waals surface area contributed by atoms with E-state index in [0.29, 0.717) is 55.6 Å². The predicted molar refractivity (Wildman–Crippen MR) is 121 cm³/mol. The number of nitrogens with zero attached hydrogens (tertiary/aromatic N) is 6. The van der Waals surface area contributed by atoms with Gasteiger partial charge in [-0.05, 0) is 37.8 Å². The normalized spacial score (nSPS) is 21.3. The molecule has 1 saturated heterocycles. The van der Waals surface area contributed by atoms with Crippen molar-refractivity contribution in [2.75, 3.05) is 36.9 Å². The van der Waals surface area contributed by atoms with Crippen LogP contribution in [0.1, 0.15) is 31.7 Å². The van der Waals surface area contributed by atoms with Crippen LogP contribution in [-0.2, 0) is 9.53 Å². The summed E-state index contributed by atoms with van der Waals surface area (Å²) in [7, 11) is 0. The molecule has 1 saturated carbocycles. The number of aromatic nitrogens is 5. The summed E-state index contributed by atoms with van der Waals surface area (Å²) in [6.45, 7) is 2.84. The van der Waals surface area contributed by atoms with E-state index in [9.17, 15) is 14.7 Å². The Morgan fingerprint density at radius 3 is 2.52 bits per heavy atom. The minimum Gasteiger partial charge on any atom is -0.481 e. The van der Waals surface area contributed by atoms with Gasteiger partial charge in [0.25, 0.3) is 5.56 Å². The van der Waals surface area contributed by atoms with Crippen LogP contribution in [0.3, 0.4) is 0 Å². The monoisotopic (exact) mass is 451 g/mol. The summed E-state index contributed by atoms with van der Waals surface area (Å²) in [6, 6.07) is 3.52. The van der Waals surface area contributed by atoms with E-state index in [2.05, 4.69) is 24.8 Å². The van der Waals surface area contributed by atoms with Crippen molar-refractivity contribution in [3.05, 3.63) is 35.0 Å². The van der Waals surface area contributed by atoms with Crippen LogP contribution in [0, 0.1) is 5.92 Å². The van der Waals surface area contributed by atoms with Crippen molar-refractivity contribution in [3.63, 3.8) is 0 Å². The predicted octanol–water partition coefficient (Wildman–Crippen LogP) is 1.48. The molecule has 0 spiro atoms. The molecule has 0 atom stereocenters. The molecule has 11 nitrogen and oxygen atoms in total. The first-order valence-electron chi connectivity index (χ1n) is 11.1. The van der Waals surface area contributed by atoms with Crippen LogP contribution >= 0.6 is 0 Å². The Morgan fingerprint density at radius 2 is 1.85 bits per heavy atom. The average Bonchev–Trinajstić information content (AvgIpc) is 2.85. The Bertz CT molecular complexity index is 1230. The van der Waals surface area contributed by atoms with Crippen molar-refractivity contribution in [2.45, 2.75) is 31.7 Å². The minimum absolute atomic E-state index is 0.187. The second-order valence-corrected chi connectivity index (χ2v) is 8.41. The molecule has 0 radical (unpaired) electrons.